The zero-order valence-corrected chi connectivity index (χ0v) is 24.9. The third kappa shape index (κ3) is 19.0. The normalized spacial score (nSPS) is 11.0. The van der Waals surface area contributed by atoms with Crippen LogP contribution in [0.4, 0.5) is 0 Å². The van der Waals surface area contributed by atoms with E-state index in [0.717, 1.165) is 41.7 Å². The Balaban J connectivity index is 2.44. The number of ether oxygens (including phenoxy) is 3. The highest BCUT2D eigenvalue weighted by atomic mass is 79.9. The molecule has 0 aliphatic carbocycles. The van der Waals surface area contributed by atoms with Gasteiger partial charge >= 0.3 is 5.97 Å². The van der Waals surface area contributed by atoms with E-state index in [0.29, 0.717) is 19.6 Å². The van der Waals surface area contributed by atoms with Crippen molar-refractivity contribution in [1.82, 2.24) is 0 Å². The number of carbonyl (C=O) groups is 1. The molecule has 0 aromatic heterocycles. The quantitative estimate of drug-likeness (QED) is 0.0668. The first-order valence-electron chi connectivity index (χ1n) is 14.8. The SMILES string of the molecule is CCCCCCCCCCOc1cc(COC(=O)CCCBr)cc(OCCCCCCCCCC)c1. The van der Waals surface area contributed by atoms with Crippen molar-refractivity contribution in [2.24, 2.45) is 0 Å². The number of carbonyl (C=O) groups excluding carboxylic acids is 1. The standard InChI is InChI=1S/C31H53BrO4/c1-3-5-7-9-11-13-15-17-22-34-29-24-28(27-36-31(33)20-19-21-32)25-30(26-29)35-23-18-16-14-12-10-8-6-4-2/h24-26H,3-23,27H2,1-2H3. The Bertz CT molecular complexity index is 609. The maximum Gasteiger partial charge on any atom is 0.306 e. The van der Waals surface area contributed by atoms with E-state index in [9.17, 15) is 4.79 Å². The molecule has 1 rings (SSSR count). The number of hydrogen-bond acceptors (Lipinski definition) is 4. The van der Waals surface area contributed by atoms with E-state index >= 15 is 0 Å². The first kappa shape index (κ1) is 32.8. The molecule has 5 heteroatoms. The maximum atomic E-state index is 12.0. The molecule has 0 atom stereocenters. The topological polar surface area (TPSA) is 44.8 Å². The molecular formula is C31H53BrO4. The van der Waals surface area contributed by atoms with Gasteiger partial charge in [-0.05, 0) is 37.0 Å². The van der Waals surface area contributed by atoms with Crippen LogP contribution in [-0.4, -0.2) is 24.5 Å². The first-order valence-corrected chi connectivity index (χ1v) is 15.9. The van der Waals surface area contributed by atoms with Crippen LogP contribution >= 0.6 is 15.9 Å². The van der Waals surface area contributed by atoms with E-state index in [-0.39, 0.29) is 12.6 Å². The largest absolute Gasteiger partial charge is 0.493 e. The van der Waals surface area contributed by atoms with Crippen LogP contribution in [0.1, 0.15) is 135 Å². The highest BCUT2D eigenvalue weighted by Gasteiger charge is 2.08. The average Bonchev–Trinajstić information content (AvgIpc) is 2.88. The second-order valence-electron chi connectivity index (χ2n) is 9.91. The van der Waals surface area contributed by atoms with Gasteiger partial charge in [-0.3, -0.25) is 4.79 Å². The predicted molar refractivity (Wildman–Crippen MR) is 155 cm³/mol. The first-order chi connectivity index (χ1) is 17.7. The van der Waals surface area contributed by atoms with Gasteiger partial charge < -0.3 is 14.2 Å². The molecule has 1 aromatic carbocycles. The van der Waals surface area contributed by atoms with Crippen molar-refractivity contribution >= 4 is 21.9 Å². The highest BCUT2D eigenvalue weighted by molar-refractivity contribution is 9.09. The summed E-state index contributed by atoms with van der Waals surface area (Å²) in [6.45, 7) is 6.19. The molecule has 36 heavy (non-hydrogen) atoms. The van der Waals surface area contributed by atoms with Gasteiger partial charge in [0.15, 0.2) is 0 Å². The van der Waals surface area contributed by atoms with E-state index in [1.165, 1.54) is 89.9 Å². The Kier molecular flexibility index (Phi) is 22.0. The zero-order valence-electron chi connectivity index (χ0n) is 23.3. The van der Waals surface area contributed by atoms with Crippen molar-refractivity contribution in [3.8, 4) is 11.5 Å². The van der Waals surface area contributed by atoms with Gasteiger partial charge in [0.2, 0.25) is 0 Å². The Labute approximate surface area is 230 Å². The van der Waals surface area contributed by atoms with Gasteiger partial charge in [-0.15, -0.1) is 0 Å². The van der Waals surface area contributed by atoms with Crippen LogP contribution in [0.15, 0.2) is 18.2 Å². The molecule has 0 aliphatic rings. The summed E-state index contributed by atoms with van der Waals surface area (Å²) >= 11 is 3.36. The molecule has 0 unspecified atom stereocenters. The Morgan fingerprint density at radius 2 is 1.08 bits per heavy atom. The molecule has 0 saturated heterocycles. The Morgan fingerprint density at radius 1 is 0.639 bits per heavy atom. The maximum absolute atomic E-state index is 12.0. The van der Waals surface area contributed by atoms with Crippen LogP contribution < -0.4 is 9.47 Å². The molecular weight excluding hydrogens is 516 g/mol. The number of esters is 1. The van der Waals surface area contributed by atoms with Gasteiger partial charge in [-0.2, -0.15) is 0 Å². The van der Waals surface area contributed by atoms with E-state index in [2.05, 4.69) is 29.8 Å². The number of hydrogen-bond donors (Lipinski definition) is 0. The minimum absolute atomic E-state index is 0.166. The third-order valence-electron chi connectivity index (χ3n) is 6.39. The van der Waals surface area contributed by atoms with Gasteiger partial charge in [0, 0.05) is 17.8 Å². The summed E-state index contributed by atoms with van der Waals surface area (Å²) in [5.74, 6) is 1.44. The Morgan fingerprint density at radius 3 is 1.53 bits per heavy atom. The molecule has 4 nitrogen and oxygen atoms in total. The number of alkyl halides is 1. The fraction of sp³-hybridized carbons (Fsp3) is 0.774. The molecule has 0 saturated carbocycles. The van der Waals surface area contributed by atoms with Gasteiger partial charge in [0.1, 0.15) is 18.1 Å². The monoisotopic (exact) mass is 568 g/mol. The molecule has 1 aromatic rings. The molecule has 0 aliphatic heterocycles. The summed E-state index contributed by atoms with van der Waals surface area (Å²) in [7, 11) is 0. The fourth-order valence-corrected chi connectivity index (χ4v) is 4.46. The summed E-state index contributed by atoms with van der Waals surface area (Å²) in [6.07, 6.45) is 21.7. The summed E-state index contributed by atoms with van der Waals surface area (Å²) in [6, 6.07) is 5.93. The molecule has 208 valence electrons. The van der Waals surface area contributed by atoms with Gasteiger partial charge in [0.05, 0.1) is 13.2 Å². The van der Waals surface area contributed by atoms with E-state index in [4.69, 9.17) is 14.2 Å². The smallest absolute Gasteiger partial charge is 0.306 e. The lowest BCUT2D eigenvalue weighted by Gasteiger charge is -2.13. The average molecular weight is 570 g/mol. The van der Waals surface area contributed by atoms with Crippen LogP contribution in [0.25, 0.3) is 0 Å². The molecule has 0 amide bonds. The molecule has 0 bridgehead atoms. The summed E-state index contributed by atoms with van der Waals surface area (Å²) in [4.78, 5) is 12.0. The summed E-state index contributed by atoms with van der Waals surface area (Å²) in [5, 5.41) is 0.806. The van der Waals surface area contributed by atoms with Crippen molar-refractivity contribution in [2.45, 2.75) is 136 Å². The lowest BCUT2D eigenvalue weighted by atomic mass is 10.1. The van der Waals surface area contributed by atoms with Crippen molar-refractivity contribution in [1.29, 1.82) is 0 Å². The lowest BCUT2D eigenvalue weighted by Crippen LogP contribution is -2.06. The van der Waals surface area contributed by atoms with Crippen molar-refractivity contribution in [2.75, 3.05) is 18.5 Å². The number of unbranched alkanes of at least 4 members (excludes halogenated alkanes) is 14. The molecule has 0 spiro atoms. The number of benzene rings is 1. The number of rotatable bonds is 25. The Hall–Kier alpha value is -1.23. The predicted octanol–water partition coefficient (Wildman–Crippen LogP) is 9.94. The van der Waals surface area contributed by atoms with E-state index in [1.807, 2.05) is 18.2 Å². The van der Waals surface area contributed by atoms with Crippen LogP contribution in [0, 0.1) is 0 Å². The van der Waals surface area contributed by atoms with Crippen molar-refractivity contribution in [3.05, 3.63) is 23.8 Å². The highest BCUT2D eigenvalue weighted by Crippen LogP contribution is 2.25. The minimum atomic E-state index is -0.166. The fourth-order valence-electron chi connectivity index (χ4n) is 4.18. The van der Waals surface area contributed by atoms with Crippen LogP contribution in [0.3, 0.4) is 0 Å². The minimum Gasteiger partial charge on any atom is -0.493 e. The second kappa shape index (κ2) is 24.1. The van der Waals surface area contributed by atoms with Gasteiger partial charge in [0.25, 0.3) is 0 Å². The third-order valence-corrected chi connectivity index (χ3v) is 6.95. The van der Waals surface area contributed by atoms with Crippen molar-refractivity contribution < 1.29 is 19.0 Å². The summed E-state index contributed by atoms with van der Waals surface area (Å²) < 4.78 is 17.6. The molecule has 0 N–H and O–H groups in total. The lowest BCUT2D eigenvalue weighted by molar-refractivity contribution is -0.144. The van der Waals surface area contributed by atoms with E-state index < -0.39 is 0 Å². The van der Waals surface area contributed by atoms with Gasteiger partial charge in [-0.1, -0.05) is 120 Å². The molecule has 0 fully saturated rings. The molecule has 0 heterocycles. The summed E-state index contributed by atoms with van der Waals surface area (Å²) in [5.41, 5.74) is 0.918. The second-order valence-corrected chi connectivity index (χ2v) is 10.7. The van der Waals surface area contributed by atoms with E-state index in [1.54, 1.807) is 0 Å². The van der Waals surface area contributed by atoms with Gasteiger partial charge in [-0.25, -0.2) is 0 Å². The molecule has 0 radical (unpaired) electrons. The zero-order chi connectivity index (χ0) is 26.1. The van der Waals surface area contributed by atoms with Crippen LogP contribution in [0.5, 0.6) is 11.5 Å². The van der Waals surface area contributed by atoms with Crippen LogP contribution in [-0.2, 0) is 16.1 Å². The van der Waals surface area contributed by atoms with Crippen molar-refractivity contribution in [3.63, 3.8) is 0 Å². The van der Waals surface area contributed by atoms with Crippen LogP contribution in [0.2, 0.25) is 0 Å². The number of halogens is 1.